The molecule has 0 nitrogen and oxygen atoms in total. The topological polar surface area (TPSA) is 0 Å². The minimum Gasteiger partial charge on any atom is -0.0843 e. The molecule has 5 aromatic carbocycles. The van der Waals surface area contributed by atoms with Crippen molar-refractivity contribution in [1.29, 1.82) is 0 Å². The molecule has 9 rings (SSSR count). The van der Waals surface area contributed by atoms with Crippen LogP contribution in [0.5, 0.6) is 0 Å². The van der Waals surface area contributed by atoms with Gasteiger partial charge in [-0.25, -0.2) is 0 Å². The zero-order valence-electron chi connectivity index (χ0n) is 23.9. The highest BCUT2D eigenvalue weighted by molar-refractivity contribution is 6.30. The normalized spacial score (nSPS) is 26.3. The number of fused-ring (bicyclic) bond motifs is 8. The summed E-state index contributed by atoms with van der Waals surface area (Å²) in [5, 5.41) is 0.767. The summed E-state index contributed by atoms with van der Waals surface area (Å²) in [7, 11) is 0. The third-order valence-electron chi connectivity index (χ3n) is 10.9. The number of rotatable bonds is 3. The van der Waals surface area contributed by atoms with Gasteiger partial charge in [-0.3, -0.25) is 0 Å². The molecule has 0 radical (unpaired) electrons. The largest absolute Gasteiger partial charge is 0.0843 e. The third kappa shape index (κ3) is 3.36. The van der Waals surface area contributed by atoms with E-state index in [9.17, 15) is 0 Å². The lowest BCUT2D eigenvalue weighted by molar-refractivity contribution is 0.193. The number of allylic oxidation sites excluding steroid dienone is 2. The first-order chi connectivity index (χ1) is 20.6. The van der Waals surface area contributed by atoms with Gasteiger partial charge in [0, 0.05) is 10.4 Å². The van der Waals surface area contributed by atoms with Crippen molar-refractivity contribution in [1.82, 2.24) is 0 Å². The fourth-order valence-electron chi connectivity index (χ4n) is 9.38. The Bertz CT molecular complexity index is 1880. The van der Waals surface area contributed by atoms with Crippen LogP contribution < -0.4 is 0 Å². The van der Waals surface area contributed by atoms with Crippen molar-refractivity contribution in [3.8, 4) is 44.5 Å². The van der Waals surface area contributed by atoms with E-state index in [1.807, 2.05) is 12.1 Å². The van der Waals surface area contributed by atoms with Gasteiger partial charge in [0.15, 0.2) is 0 Å². The Kier molecular flexibility index (Phi) is 5.33. The minimum atomic E-state index is 0.0851. The minimum absolute atomic E-state index is 0.0851. The van der Waals surface area contributed by atoms with E-state index in [1.54, 1.807) is 16.7 Å². The Morgan fingerprint density at radius 1 is 0.571 bits per heavy atom. The van der Waals surface area contributed by atoms with Gasteiger partial charge >= 0.3 is 0 Å². The molecule has 2 bridgehead atoms. The zero-order chi connectivity index (χ0) is 28.0. The van der Waals surface area contributed by atoms with Gasteiger partial charge in [0.05, 0.1) is 0 Å². The predicted octanol–water partition coefficient (Wildman–Crippen LogP) is 11.2. The van der Waals surface area contributed by atoms with Crippen LogP contribution in [0.2, 0.25) is 5.02 Å². The Balaban J connectivity index is 1.11. The van der Waals surface area contributed by atoms with E-state index < -0.39 is 0 Å². The number of benzene rings is 5. The molecule has 0 heterocycles. The van der Waals surface area contributed by atoms with Gasteiger partial charge in [-0.2, -0.15) is 0 Å². The van der Waals surface area contributed by atoms with Crippen molar-refractivity contribution in [2.45, 2.75) is 31.6 Å². The van der Waals surface area contributed by atoms with E-state index in [0.717, 1.165) is 22.8 Å². The molecule has 4 aliphatic rings. The van der Waals surface area contributed by atoms with Crippen LogP contribution in [0.15, 0.2) is 127 Å². The monoisotopic (exact) mass is 560 g/mol. The average molecular weight is 561 g/mol. The van der Waals surface area contributed by atoms with Gasteiger partial charge in [0.1, 0.15) is 0 Å². The van der Waals surface area contributed by atoms with Crippen molar-refractivity contribution >= 4 is 11.6 Å². The number of hydrogen-bond donors (Lipinski definition) is 0. The van der Waals surface area contributed by atoms with Crippen molar-refractivity contribution < 1.29 is 0 Å². The van der Waals surface area contributed by atoms with E-state index >= 15 is 0 Å². The SMILES string of the molecule is CC1C=C2C3CC(C1)CC3C21c2ccccc2-c2c(-c3ccc(-c4ccc(-c5ccc(Cl)cc5)cc4)cc3)cccc21. The van der Waals surface area contributed by atoms with Crippen LogP contribution in [-0.2, 0) is 5.41 Å². The average Bonchev–Trinajstić information content (AvgIpc) is 3.50. The zero-order valence-corrected chi connectivity index (χ0v) is 24.6. The molecule has 0 N–H and O–H groups in total. The molecule has 0 aliphatic heterocycles. The van der Waals surface area contributed by atoms with Gasteiger partial charge in [-0.1, -0.05) is 133 Å². The summed E-state index contributed by atoms with van der Waals surface area (Å²) in [6, 6.07) is 42.6. The lowest BCUT2D eigenvalue weighted by atomic mass is 9.47. The van der Waals surface area contributed by atoms with Crippen molar-refractivity contribution in [3.63, 3.8) is 0 Å². The lowest BCUT2D eigenvalue weighted by Gasteiger charge is -2.55. The van der Waals surface area contributed by atoms with Gasteiger partial charge in [0.2, 0.25) is 0 Å². The summed E-state index contributed by atoms with van der Waals surface area (Å²) in [6.45, 7) is 2.44. The van der Waals surface area contributed by atoms with Crippen LogP contribution in [0, 0.1) is 23.7 Å². The van der Waals surface area contributed by atoms with E-state index in [0.29, 0.717) is 5.92 Å². The summed E-state index contributed by atoms with van der Waals surface area (Å²) in [5.41, 5.74) is 15.4. The van der Waals surface area contributed by atoms with Crippen LogP contribution in [0.1, 0.15) is 37.3 Å². The van der Waals surface area contributed by atoms with E-state index in [2.05, 4.69) is 116 Å². The van der Waals surface area contributed by atoms with Crippen molar-refractivity contribution in [2.75, 3.05) is 0 Å². The Hall–Kier alpha value is -3.87. The first kappa shape index (κ1) is 24.7. The maximum atomic E-state index is 6.09. The summed E-state index contributed by atoms with van der Waals surface area (Å²) in [5.74, 6) is 3.10. The molecular weight excluding hydrogens is 528 g/mol. The van der Waals surface area contributed by atoms with Crippen LogP contribution in [-0.4, -0.2) is 0 Å². The first-order valence-corrected chi connectivity index (χ1v) is 15.9. The van der Waals surface area contributed by atoms with Crippen molar-refractivity contribution in [2.24, 2.45) is 23.7 Å². The van der Waals surface area contributed by atoms with Gasteiger partial charge in [-0.15, -0.1) is 0 Å². The Morgan fingerprint density at radius 3 is 1.83 bits per heavy atom. The van der Waals surface area contributed by atoms with E-state index in [-0.39, 0.29) is 5.41 Å². The Labute approximate surface area is 253 Å². The molecule has 1 spiro atoms. The van der Waals surface area contributed by atoms with Gasteiger partial charge < -0.3 is 0 Å². The molecule has 0 amide bonds. The molecule has 2 fully saturated rings. The molecule has 5 unspecified atom stereocenters. The summed E-state index contributed by atoms with van der Waals surface area (Å²) >= 11 is 6.09. The summed E-state index contributed by atoms with van der Waals surface area (Å²) in [4.78, 5) is 0. The Morgan fingerprint density at radius 2 is 1.14 bits per heavy atom. The molecule has 0 aromatic heterocycles. The molecule has 5 atom stereocenters. The quantitative estimate of drug-likeness (QED) is 0.192. The fraction of sp³-hybridized carbons (Fsp3) is 0.220. The first-order valence-electron chi connectivity index (χ1n) is 15.5. The van der Waals surface area contributed by atoms with Gasteiger partial charge in [-0.05, 0) is 111 Å². The molecule has 2 saturated carbocycles. The third-order valence-corrected chi connectivity index (χ3v) is 11.2. The highest BCUT2D eigenvalue weighted by atomic mass is 35.5. The molecule has 0 saturated heterocycles. The maximum absolute atomic E-state index is 6.09. The second-order valence-corrected chi connectivity index (χ2v) is 13.6. The molecule has 204 valence electrons. The molecular formula is C41H33Cl. The van der Waals surface area contributed by atoms with Crippen LogP contribution >= 0.6 is 11.6 Å². The van der Waals surface area contributed by atoms with Crippen LogP contribution in [0.4, 0.5) is 0 Å². The number of halogens is 1. The lowest BCUT2D eigenvalue weighted by Crippen LogP contribution is -2.51. The molecule has 1 heteroatoms. The summed E-state index contributed by atoms with van der Waals surface area (Å²) < 4.78 is 0. The standard InChI is InChI=1S/C41H33Cl/c1-25-21-26-23-35-38(22-25)41(39(35)24-26)36-7-3-2-5-34(36)40-33(6-4-8-37(40)41)31-15-13-29(14-16-31)27-9-11-28(12-10-27)30-17-19-32(42)20-18-30/h2-20,22,25-26,35,39H,21,23-24H2,1H3. The smallest absolute Gasteiger partial charge is 0.0460 e. The van der Waals surface area contributed by atoms with Gasteiger partial charge in [0.25, 0.3) is 0 Å². The van der Waals surface area contributed by atoms with E-state index in [4.69, 9.17) is 11.6 Å². The predicted molar refractivity (Wildman–Crippen MR) is 176 cm³/mol. The highest BCUT2D eigenvalue weighted by Crippen LogP contribution is 2.73. The van der Waals surface area contributed by atoms with Crippen molar-refractivity contribution in [3.05, 3.63) is 143 Å². The van der Waals surface area contributed by atoms with Crippen LogP contribution in [0.25, 0.3) is 44.5 Å². The second-order valence-electron chi connectivity index (χ2n) is 13.1. The maximum Gasteiger partial charge on any atom is 0.0460 e. The summed E-state index contributed by atoms with van der Waals surface area (Å²) in [6.07, 6.45) is 6.85. The van der Waals surface area contributed by atoms with Crippen LogP contribution in [0.3, 0.4) is 0 Å². The molecule has 5 aromatic rings. The highest BCUT2D eigenvalue weighted by Gasteiger charge is 2.66. The van der Waals surface area contributed by atoms with E-state index in [1.165, 1.54) is 63.8 Å². The number of hydrogen-bond acceptors (Lipinski definition) is 0. The molecule has 42 heavy (non-hydrogen) atoms. The second kappa shape index (κ2) is 9.06. The molecule has 4 aliphatic carbocycles. The fourth-order valence-corrected chi connectivity index (χ4v) is 9.50.